The molecule has 0 saturated heterocycles. The summed E-state index contributed by atoms with van der Waals surface area (Å²) in [5.74, 6) is 1.00. The minimum absolute atomic E-state index is 0. The second kappa shape index (κ2) is 13.0. The van der Waals surface area contributed by atoms with Crippen LogP contribution in [0.5, 0.6) is 0 Å². The van der Waals surface area contributed by atoms with Crippen LogP contribution in [0.3, 0.4) is 0 Å². The molecular formula is C8H18N2Sc-2. The Hall–Kier alpha value is 0.340. The summed E-state index contributed by atoms with van der Waals surface area (Å²) in [6.07, 6.45) is 0.960. The monoisotopic (exact) mass is 187 g/mol. The molecule has 1 radical (unpaired) electrons. The first kappa shape index (κ1) is 17.4. The van der Waals surface area contributed by atoms with Crippen molar-refractivity contribution in [3.8, 4) is 0 Å². The zero-order valence-corrected chi connectivity index (χ0v) is 9.90. The minimum atomic E-state index is 0. The molecule has 0 bridgehead atoms. The second-order valence-electron chi connectivity index (χ2n) is 1.72. The molecule has 0 rings (SSSR count). The Morgan fingerprint density at radius 1 is 1.27 bits per heavy atom. The molecule has 0 aliphatic rings. The van der Waals surface area contributed by atoms with Crippen molar-refractivity contribution in [2.45, 2.75) is 27.2 Å². The van der Waals surface area contributed by atoms with Gasteiger partial charge in [-0.1, -0.05) is 39.7 Å². The van der Waals surface area contributed by atoms with Gasteiger partial charge in [-0.2, -0.15) is 0 Å². The van der Waals surface area contributed by atoms with Crippen molar-refractivity contribution in [2.75, 3.05) is 13.1 Å². The fourth-order valence-electron chi connectivity index (χ4n) is 0.639. The van der Waals surface area contributed by atoms with Crippen LogP contribution in [-0.2, 0) is 25.8 Å². The van der Waals surface area contributed by atoms with E-state index in [4.69, 9.17) is 0 Å². The molecule has 11 heavy (non-hydrogen) atoms. The van der Waals surface area contributed by atoms with E-state index in [1.807, 2.05) is 13.8 Å². The second-order valence-corrected chi connectivity index (χ2v) is 1.72. The van der Waals surface area contributed by atoms with Gasteiger partial charge in [0.2, 0.25) is 0 Å². The molecule has 0 aromatic carbocycles. The molecule has 65 valence electrons. The maximum atomic E-state index is 4.18. The minimum Gasteiger partial charge on any atom is -0.470 e. The molecule has 0 N–H and O–H groups in total. The molecule has 0 saturated carbocycles. The van der Waals surface area contributed by atoms with E-state index < -0.39 is 0 Å². The Morgan fingerprint density at radius 3 is 2.09 bits per heavy atom. The molecule has 0 amide bonds. The van der Waals surface area contributed by atoms with Crippen molar-refractivity contribution in [2.24, 2.45) is 4.99 Å². The summed E-state index contributed by atoms with van der Waals surface area (Å²) in [5, 5.41) is 4.18. The van der Waals surface area contributed by atoms with Gasteiger partial charge < -0.3 is 17.7 Å². The van der Waals surface area contributed by atoms with Crippen LogP contribution in [-0.4, -0.2) is 18.9 Å². The van der Waals surface area contributed by atoms with E-state index in [-0.39, 0.29) is 33.3 Å². The van der Waals surface area contributed by atoms with Crippen LogP contribution in [0.2, 0.25) is 0 Å². The molecule has 0 aliphatic carbocycles. The molecule has 2 nitrogen and oxygen atoms in total. The van der Waals surface area contributed by atoms with Crippen LogP contribution in [0.1, 0.15) is 27.2 Å². The van der Waals surface area contributed by atoms with E-state index in [0.29, 0.717) is 0 Å². The van der Waals surface area contributed by atoms with Crippen LogP contribution in [0.15, 0.2) is 4.99 Å². The maximum Gasteiger partial charge on any atom is 0 e. The summed E-state index contributed by atoms with van der Waals surface area (Å²) in [6.45, 7) is 7.84. The molecule has 3 heteroatoms. The topological polar surface area (TPSA) is 26.5 Å². The summed E-state index contributed by atoms with van der Waals surface area (Å²) < 4.78 is 0. The van der Waals surface area contributed by atoms with Crippen LogP contribution in [0, 0.1) is 7.43 Å². The van der Waals surface area contributed by atoms with Crippen LogP contribution < -0.4 is 0 Å². The van der Waals surface area contributed by atoms with Gasteiger partial charge in [0.05, 0.1) is 0 Å². The number of rotatable bonds is 3. The van der Waals surface area contributed by atoms with Gasteiger partial charge in [-0.3, -0.25) is 0 Å². The molecular weight excluding hydrogens is 169 g/mol. The van der Waals surface area contributed by atoms with E-state index in [0.717, 1.165) is 25.3 Å². The average Bonchev–Trinajstić information content (AvgIpc) is 1.88. The third kappa shape index (κ3) is 10.3. The third-order valence-electron chi connectivity index (χ3n) is 0.997. The molecule has 0 heterocycles. The first-order chi connectivity index (χ1) is 4.35. The molecule has 0 aromatic heterocycles. The maximum absolute atomic E-state index is 4.18. The fraction of sp³-hybridized carbons (Fsp3) is 0.750. The molecule has 0 fully saturated rings. The first-order valence-electron chi connectivity index (χ1n) is 3.55. The van der Waals surface area contributed by atoms with E-state index >= 15 is 0 Å². The van der Waals surface area contributed by atoms with Crippen molar-refractivity contribution in [1.82, 2.24) is 0 Å². The summed E-state index contributed by atoms with van der Waals surface area (Å²) in [5.41, 5.74) is 0. The third-order valence-corrected chi connectivity index (χ3v) is 0.997. The molecule has 0 spiro atoms. The summed E-state index contributed by atoms with van der Waals surface area (Å²) in [4.78, 5) is 4.18. The number of nitrogens with zero attached hydrogens (tertiary/aromatic N) is 2. The van der Waals surface area contributed by atoms with Gasteiger partial charge in [-0.05, 0) is 6.42 Å². The predicted octanol–water partition coefficient (Wildman–Crippen LogP) is 2.66. The van der Waals surface area contributed by atoms with Crippen molar-refractivity contribution in [1.29, 1.82) is 0 Å². The summed E-state index contributed by atoms with van der Waals surface area (Å²) in [7, 11) is 0. The van der Waals surface area contributed by atoms with Gasteiger partial charge in [0.15, 0.2) is 0 Å². The summed E-state index contributed by atoms with van der Waals surface area (Å²) >= 11 is 0. The van der Waals surface area contributed by atoms with Crippen molar-refractivity contribution >= 4 is 5.84 Å². The van der Waals surface area contributed by atoms with Gasteiger partial charge in [-0.15, -0.1) is 0 Å². The van der Waals surface area contributed by atoms with Gasteiger partial charge in [0.25, 0.3) is 0 Å². The van der Waals surface area contributed by atoms with Crippen molar-refractivity contribution < 1.29 is 25.8 Å². The standard InChI is InChI=1S/C7H15N2.CH3.Sc/c1-4-7(8-5-2)9-6-3;;/h4-6H2,1-3H3;1H3;/q2*-1;. The molecule has 0 unspecified atom stereocenters. The van der Waals surface area contributed by atoms with Gasteiger partial charge in [0.1, 0.15) is 0 Å². The Labute approximate surface area is 89.7 Å². The van der Waals surface area contributed by atoms with Crippen molar-refractivity contribution in [3.63, 3.8) is 0 Å². The Kier molecular flexibility index (Phi) is 20.6. The van der Waals surface area contributed by atoms with Crippen molar-refractivity contribution in [3.05, 3.63) is 12.7 Å². The van der Waals surface area contributed by atoms with E-state index in [9.17, 15) is 0 Å². The van der Waals surface area contributed by atoms with E-state index in [1.54, 1.807) is 0 Å². The van der Waals surface area contributed by atoms with Gasteiger partial charge in [-0.25, -0.2) is 0 Å². The smallest absolute Gasteiger partial charge is 0 e. The van der Waals surface area contributed by atoms with Gasteiger partial charge in [0, 0.05) is 25.8 Å². The molecule has 0 aromatic rings. The Balaban J connectivity index is -0.000000320. The summed E-state index contributed by atoms with van der Waals surface area (Å²) in [6, 6.07) is 0. The van der Waals surface area contributed by atoms with Gasteiger partial charge >= 0.3 is 0 Å². The molecule has 0 aliphatic heterocycles. The van der Waals surface area contributed by atoms with Crippen LogP contribution >= 0.6 is 0 Å². The first-order valence-corrected chi connectivity index (χ1v) is 3.55. The Bertz CT molecular complexity index is 92.1. The number of hydrogen-bond acceptors (Lipinski definition) is 1. The number of aliphatic imine (C=N–C) groups is 1. The van der Waals surface area contributed by atoms with E-state index in [1.165, 1.54) is 0 Å². The number of hydrogen-bond donors (Lipinski definition) is 0. The average molecular weight is 187 g/mol. The normalized spacial score (nSPS) is 9.55. The zero-order chi connectivity index (χ0) is 7.11. The van der Waals surface area contributed by atoms with Crippen LogP contribution in [0.25, 0.3) is 5.32 Å². The largest absolute Gasteiger partial charge is 0.470 e. The van der Waals surface area contributed by atoms with E-state index in [2.05, 4.69) is 17.2 Å². The quantitative estimate of drug-likeness (QED) is 0.369. The molecule has 0 atom stereocenters. The number of amidine groups is 1. The SMILES string of the molecule is CCN=C(CC)[N-]CC.[CH3-].[Sc]. The Morgan fingerprint density at radius 2 is 1.82 bits per heavy atom. The van der Waals surface area contributed by atoms with Crippen LogP contribution in [0.4, 0.5) is 0 Å². The fourth-order valence-corrected chi connectivity index (χ4v) is 0.639. The zero-order valence-electron chi connectivity index (χ0n) is 8.09. The predicted molar refractivity (Wildman–Crippen MR) is 48.6 cm³/mol.